The number of guanidine groups is 1. The lowest BCUT2D eigenvalue weighted by molar-refractivity contribution is 0.0211. The first kappa shape index (κ1) is 19.7. The van der Waals surface area contributed by atoms with Crippen molar-refractivity contribution in [3.05, 3.63) is 18.2 Å². The van der Waals surface area contributed by atoms with Gasteiger partial charge in [0.05, 0.1) is 13.2 Å². The first-order valence-corrected chi connectivity index (χ1v) is 9.44. The molecule has 0 aromatic carbocycles. The molecule has 2 heterocycles. The number of hydrogen-bond donors (Lipinski definition) is 2. The van der Waals surface area contributed by atoms with Crippen LogP contribution in [0, 0.1) is 5.92 Å². The van der Waals surface area contributed by atoms with Crippen molar-refractivity contribution in [2.45, 2.75) is 46.8 Å². The maximum absolute atomic E-state index is 5.43. The van der Waals surface area contributed by atoms with Gasteiger partial charge in [-0.3, -0.25) is 4.90 Å². The van der Waals surface area contributed by atoms with Crippen molar-refractivity contribution in [2.24, 2.45) is 10.9 Å². The van der Waals surface area contributed by atoms with Crippen molar-refractivity contribution in [2.75, 3.05) is 39.4 Å². The summed E-state index contributed by atoms with van der Waals surface area (Å²) in [6, 6.07) is 0.454. The van der Waals surface area contributed by atoms with Crippen molar-refractivity contribution in [3.63, 3.8) is 0 Å². The Kier molecular flexibility index (Phi) is 8.21. The van der Waals surface area contributed by atoms with Gasteiger partial charge in [0.15, 0.2) is 5.96 Å². The molecule has 0 spiro atoms. The largest absolute Gasteiger partial charge is 0.379 e. The molecule has 0 radical (unpaired) electrons. The summed E-state index contributed by atoms with van der Waals surface area (Å²) in [5.41, 5.74) is 0. The Labute approximate surface area is 151 Å². The molecule has 25 heavy (non-hydrogen) atoms. The molecule has 0 aliphatic carbocycles. The number of morpholine rings is 1. The van der Waals surface area contributed by atoms with Gasteiger partial charge in [-0.1, -0.05) is 13.8 Å². The Bertz CT molecular complexity index is 521. The molecular formula is C18H34N6O. The lowest BCUT2D eigenvalue weighted by Crippen LogP contribution is -2.49. The van der Waals surface area contributed by atoms with Gasteiger partial charge in [0.25, 0.3) is 0 Å². The van der Waals surface area contributed by atoms with Crippen molar-refractivity contribution in [1.29, 1.82) is 0 Å². The molecule has 142 valence electrons. The number of hydrogen-bond acceptors (Lipinski definition) is 4. The Morgan fingerprint density at radius 2 is 2.04 bits per heavy atom. The normalized spacial score (nSPS) is 17.7. The minimum atomic E-state index is 0.454. The lowest BCUT2D eigenvalue weighted by atomic mass is 10.2. The van der Waals surface area contributed by atoms with E-state index in [9.17, 15) is 0 Å². The van der Waals surface area contributed by atoms with E-state index < -0.39 is 0 Å². The van der Waals surface area contributed by atoms with Crippen LogP contribution in [0.1, 0.15) is 33.5 Å². The lowest BCUT2D eigenvalue weighted by Gasteiger charge is -2.32. The van der Waals surface area contributed by atoms with E-state index in [-0.39, 0.29) is 0 Å². The van der Waals surface area contributed by atoms with Crippen LogP contribution in [-0.2, 0) is 17.8 Å². The zero-order valence-corrected chi connectivity index (χ0v) is 16.2. The average molecular weight is 351 g/mol. The molecule has 0 saturated carbocycles. The van der Waals surface area contributed by atoms with Gasteiger partial charge in [0.1, 0.15) is 12.4 Å². The highest BCUT2D eigenvalue weighted by atomic mass is 16.5. The fourth-order valence-electron chi connectivity index (χ4n) is 2.93. The second-order valence-corrected chi connectivity index (χ2v) is 6.96. The zero-order chi connectivity index (χ0) is 18.1. The van der Waals surface area contributed by atoms with Gasteiger partial charge in [-0.2, -0.15) is 0 Å². The number of rotatable bonds is 8. The summed E-state index contributed by atoms with van der Waals surface area (Å²) in [4.78, 5) is 11.6. The molecule has 0 amide bonds. The topological polar surface area (TPSA) is 66.7 Å². The summed E-state index contributed by atoms with van der Waals surface area (Å²) in [7, 11) is 0. The van der Waals surface area contributed by atoms with Crippen molar-refractivity contribution < 1.29 is 4.74 Å². The van der Waals surface area contributed by atoms with Crippen LogP contribution in [-0.4, -0.2) is 65.8 Å². The number of nitrogens with zero attached hydrogens (tertiary/aromatic N) is 4. The van der Waals surface area contributed by atoms with E-state index in [0.717, 1.165) is 57.7 Å². The average Bonchev–Trinajstić information content (AvgIpc) is 3.04. The molecule has 1 unspecified atom stereocenters. The van der Waals surface area contributed by atoms with Crippen LogP contribution in [0.5, 0.6) is 0 Å². The van der Waals surface area contributed by atoms with Crippen molar-refractivity contribution in [3.8, 4) is 0 Å². The number of aromatic nitrogens is 2. The monoisotopic (exact) mass is 350 g/mol. The van der Waals surface area contributed by atoms with E-state index in [2.05, 4.69) is 52.8 Å². The van der Waals surface area contributed by atoms with Gasteiger partial charge < -0.3 is 19.9 Å². The summed E-state index contributed by atoms with van der Waals surface area (Å²) in [6.45, 7) is 15.7. The molecule has 1 aromatic rings. The highest BCUT2D eigenvalue weighted by Crippen LogP contribution is 2.05. The van der Waals surface area contributed by atoms with E-state index in [0.29, 0.717) is 18.5 Å². The van der Waals surface area contributed by atoms with Crippen LogP contribution in [0.2, 0.25) is 0 Å². The molecular weight excluding hydrogens is 316 g/mol. The van der Waals surface area contributed by atoms with Crippen LogP contribution in [0.15, 0.2) is 17.4 Å². The maximum Gasteiger partial charge on any atom is 0.191 e. The number of nitrogens with one attached hydrogen (secondary N) is 2. The summed E-state index contributed by atoms with van der Waals surface area (Å²) in [5.74, 6) is 2.45. The molecule has 7 heteroatoms. The van der Waals surface area contributed by atoms with Crippen molar-refractivity contribution in [1.82, 2.24) is 25.1 Å². The van der Waals surface area contributed by atoms with Crippen LogP contribution >= 0.6 is 0 Å². The van der Waals surface area contributed by atoms with Gasteiger partial charge in [0.2, 0.25) is 0 Å². The third-order valence-corrected chi connectivity index (χ3v) is 4.32. The Morgan fingerprint density at radius 1 is 1.28 bits per heavy atom. The second kappa shape index (κ2) is 10.4. The van der Waals surface area contributed by atoms with Crippen LogP contribution < -0.4 is 10.6 Å². The zero-order valence-electron chi connectivity index (χ0n) is 16.2. The minimum Gasteiger partial charge on any atom is -0.379 e. The van der Waals surface area contributed by atoms with E-state index in [1.165, 1.54) is 0 Å². The molecule has 7 nitrogen and oxygen atoms in total. The summed E-state index contributed by atoms with van der Waals surface area (Å²) in [6.07, 6.45) is 3.89. The Balaban J connectivity index is 1.88. The van der Waals surface area contributed by atoms with E-state index >= 15 is 0 Å². The second-order valence-electron chi connectivity index (χ2n) is 6.96. The van der Waals surface area contributed by atoms with E-state index in [4.69, 9.17) is 9.73 Å². The summed E-state index contributed by atoms with van der Waals surface area (Å²) < 4.78 is 7.61. The Morgan fingerprint density at radius 3 is 2.72 bits per heavy atom. The van der Waals surface area contributed by atoms with Gasteiger partial charge in [-0.05, 0) is 19.8 Å². The highest BCUT2D eigenvalue weighted by Gasteiger charge is 2.17. The fourth-order valence-corrected chi connectivity index (χ4v) is 2.93. The number of ether oxygens (including phenoxy) is 1. The standard InChI is InChI=1S/C18H34N6O/c1-5-19-18(21-12-16(4)23-8-10-25-11-9-23)22-13-17-20-6-7-24(17)14-15(2)3/h6-7,15-16H,5,8-14H2,1-4H3,(H2,19,21,22). The smallest absolute Gasteiger partial charge is 0.191 e. The van der Waals surface area contributed by atoms with Gasteiger partial charge >= 0.3 is 0 Å². The third kappa shape index (κ3) is 6.66. The molecule has 1 aliphatic rings. The third-order valence-electron chi connectivity index (χ3n) is 4.32. The molecule has 1 fully saturated rings. The number of aliphatic imine (C=N–C) groups is 1. The first-order chi connectivity index (χ1) is 12.1. The molecule has 1 atom stereocenters. The molecule has 1 saturated heterocycles. The minimum absolute atomic E-state index is 0.454. The summed E-state index contributed by atoms with van der Waals surface area (Å²) >= 11 is 0. The van der Waals surface area contributed by atoms with Gasteiger partial charge in [-0.25, -0.2) is 9.98 Å². The van der Waals surface area contributed by atoms with E-state index in [1.54, 1.807) is 0 Å². The quantitative estimate of drug-likeness (QED) is 0.547. The molecule has 1 aromatic heterocycles. The van der Waals surface area contributed by atoms with Crippen LogP contribution in [0.25, 0.3) is 0 Å². The first-order valence-electron chi connectivity index (χ1n) is 9.44. The predicted octanol–water partition coefficient (Wildman–Crippen LogP) is 1.31. The fraction of sp³-hybridized carbons (Fsp3) is 0.778. The number of imidazole rings is 1. The summed E-state index contributed by atoms with van der Waals surface area (Å²) in [5, 5.41) is 6.78. The van der Waals surface area contributed by atoms with Crippen molar-refractivity contribution >= 4 is 5.96 Å². The van der Waals surface area contributed by atoms with Crippen LogP contribution in [0.4, 0.5) is 0 Å². The van der Waals surface area contributed by atoms with Crippen LogP contribution in [0.3, 0.4) is 0 Å². The predicted molar refractivity (Wildman–Crippen MR) is 102 cm³/mol. The highest BCUT2D eigenvalue weighted by molar-refractivity contribution is 5.79. The maximum atomic E-state index is 5.43. The molecule has 1 aliphatic heterocycles. The molecule has 0 bridgehead atoms. The molecule has 2 rings (SSSR count). The molecule has 2 N–H and O–H groups in total. The Hall–Kier alpha value is -1.60. The SMILES string of the molecule is CCNC(=NCc1nccn1CC(C)C)NCC(C)N1CCOCC1. The van der Waals surface area contributed by atoms with E-state index in [1.807, 2.05) is 12.4 Å². The van der Waals surface area contributed by atoms with Gasteiger partial charge in [-0.15, -0.1) is 0 Å². The van der Waals surface area contributed by atoms with Gasteiger partial charge in [0, 0.05) is 51.2 Å².